The van der Waals surface area contributed by atoms with Gasteiger partial charge < -0.3 is 20.7 Å². The van der Waals surface area contributed by atoms with Crippen LogP contribution in [0.2, 0.25) is 0 Å². The van der Waals surface area contributed by atoms with Crippen molar-refractivity contribution in [2.75, 3.05) is 25.5 Å². The number of aryl methyl sites for hydroxylation is 1. The average molecular weight is 368 g/mol. The number of hydrogen-bond donors (Lipinski definition) is 3. The number of guanidine groups is 1. The van der Waals surface area contributed by atoms with Crippen LogP contribution in [0.25, 0.3) is 0 Å². The summed E-state index contributed by atoms with van der Waals surface area (Å²) < 4.78 is 5.16. The van der Waals surface area contributed by atoms with E-state index in [1.807, 2.05) is 55.5 Å². The second-order valence-electron chi connectivity index (χ2n) is 6.00. The largest absolute Gasteiger partial charge is 0.497 e. The molecular weight excluding hydrogens is 340 g/mol. The standard InChI is InChI=1S/C21H28N4O2/c1-4-16-7-6-8-18(13-16)25-20(26)15-24-21(22-5-2)23-14-17-9-11-19(27-3)12-10-17/h6-13H,4-5,14-15H2,1-3H3,(H,25,26)(H2,22,23,24). The molecule has 0 bridgehead atoms. The number of aliphatic imine (C=N–C) groups is 1. The number of benzene rings is 2. The van der Waals surface area contributed by atoms with Crippen molar-refractivity contribution in [2.24, 2.45) is 4.99 Å². The number of rotatable bonds is 8. The first-order chi connectivity index (χ1) is 13.1. The van der Waals surface area contributed by atoms with Crippen LogP contribution in [0.5, 0.6) is 5.75 Å². The fourth-order valence-corrected chi connectivity index (χ4v) is 2.48. The highest BCUT2D eigenvalue weighted by molar-refractivity contribution is 5.95. The number of hydrogen-bond acceptors (Lipinski definition) is 3. The summed E-state index contributed by atoms with van der Waals surface area (Å²) in [4.78, 5) is 16.7. The Kier molecular flexibility index (Phi) is 8.16. The lowest BCUT2D eigenvalue weighted by atomic mass is 10.1. The fraction of sp³-hybridized carbons (Fsp3) is 0.333. The number of nitrogens with one attached hydrogen (secondary N) is 3. The summed E-state index contributed by atoms with van der Waals surface area (Å²) in [6.07, 6.45) is 0.935. The van der Waals surface area contributed by atoms with Crippen molar-refractivity contribution < 1.29 is 9.53 Å². The van der Waals surface area contributed by atoms with Gasteiger partial charge in [-0.25, -0.2) is 4.99 Å². The third-order valence-electron chi connectivity index (χ3n) is 3.96. The monoisotopic (exact) mass is 368 g/mol. The highest BCUT2D eigenvalue weighted by Crippen LogP contribution is 2.12. The molecule has 0 spiro atoms. The molecule has 2 aromatic carbocycles. The maximum Gasteiger partial charge on any atom is 0.243 e. The van der Waals surface area contributed by atoms with Crippen molar-refractivity contribution in [3.63, 3.8) is 0 Å². The number of carbonyl (C=O) groups is 1. The highest BCUT2D eigenvalue weighted by atomic mass is 16.5. The van der Waals surface area contributed by atoms with Crippen LogP contribution in [0.15, 0.2) is 53.5 Å². The van der Waals surface area contributed by atoms with Crippen molar-refractivity contribution in [3.8, 4) is 5.75 Å². The molecule has 0 unspecified atom stereocenters. The molecule has 6 nitrogen and oxygen atoms in total. The van der Waals surface area contributed by atoms with Gasteiger partial charge in [0.25, 0.3) is 0 Å². The van der Waals surface area contributed by atoms with E-state index in [1.165, 1.54) is 5.56 Å². The molecule has 6 heteroatoms. The molecule has 0 fully saturated rings. The summed E-state index contributed by atoms with van der Waals surface area (Å²) >= 11 is 0. The van der Waals surface area contributed by atoms with E-state index in [9.17, 15) is 4.79 Å². The Bertz CT molecular complexity index is 757. The van der Waals surface area contributed by atoms with E-state index in [2.05, 4.69) is 27.9 Å². The molecule has 0 radical (unpaired) electrons. The maximum atomic E-state index is 12.2. The lowest BCUT2D eigenvalue weighted by Crippen LogP contribution is -2.41. The van der Waals surface area contributed by atoms with Crippen molar-refractivity contribution in [1.29, 1.82) is 0 Å². The first-order valence-corrected chi connectivity index (χ1v) is 9.18. The molecule has 0 aliphatic carbocycles. The van der Waals surface area contributed by atoms with Crippen LogP contribution in [0.3, 0.4) is 0 Å². The lowest BCUT2D eigenvalue weighted by molar-refractivity contribution is -0.115. The normalized spacial score (nSPS) is 11.0. The molecule has 27 heavy (non-hydrogen) atoms. The van der Waals surface area contributed by atoms with E-state index in [0.717, 1.165) is 23.4 Å². The number of nitrogens with zero attached hydrogens (tertiary/aromatic N) is 1. The van der Waals surface area contributed by atoms with Gasteiger partial charge in [0, 0.05) is 12.2 Å². The fourth-order valence-electron chi connectivity index (χ4n) is 2.48. The molecular formula is C21H28N4O2. The topological polar surface area (TPSA) is 74.8 Å². The molecule has 1 amide bonds. The molecule has 144 valence electrons. The molecule has 0 heterocycles. The van der Waals surface area contributed by atoms with Gasteiger partial charge in [-0.3, -0.25) is 4.79 Å². The molecule has 0 aliphatic heterocycles. The van der Waals surface area contributed by atoms with Crippen LogP contribution >= 0.6 is 0 Å². The summed E-state index contributed by atoms with van der Waals surface area (Å²) in [6.45, 7) is 5.45. The highest BCUT2D eigenvalue weighted by Gasteiger charge is 2.05. The zero-order valence-corrected chi connectivity index (χ0v) is 16.2. The van der Waals surface area contributed by atoms with Crippen LogP contribution < -0.4 is 20.7 Å². The minimum atomic E-state index is -0.113. The van der Waals surface area contributed by atoms with Gasteiger partial charge in [-0.1, -0.05) is 31.2 Å². The van der Waals surface area contributed by atoms with Gasteiger partial charge in [0.15, 0.2) is 5.96 Å². The van der Waals surface area contributed by atoms with Gasteiger partial charge >= 0.3 is 0 Å². The van der Waals surface area contributed by atoms with Crippen molar-refractivity contribution in [3.05, 3.63) is 59.7 Å². The first kappa shape index (κ1) is 20.3. The Labute approximate surface area is 161 Å². The van der Waals surface area contributed by atoms with Gasteiger partial charge in [0.05, 0.1) is 20.2 Å². The summed E-state index contributed by atoms with van der Waals surface area (Å²) in [7, 11) is 1.64. The number of anilines is 1. The minimum Gasteiger partial charge on any atom is -0.497 e. The third kappa shape index (κ3) is 7.01. The quantitative estimate of drug-likeness (QED) is 0.495. The molecule has 0 aliphatic rings. The predicted octanol–water partition coefficient (Wildman–Crippen LogP) is 2.95. The zero-order valence-electron chi connectivity index (χ0n) is 16.2. The summed E-state index contributed by atoms with van der Waals surface area (Å²) in [6, 6.07) is 15.6. The van der Waals surface area contributed by atoms with Gasteiger partial charge in [-0.15, -0.1) is 0 Å². The molecule has 2 aromatic rings. The Morgan fingerprint density at radius 3 is 2.48 bits per heavy atom. The molecule has 0 saturated heterocycles. The molecule has 3 N–H and O–H groups in total. The second-order valence-corrected chi connectivity index (χ2v) is 6.00. The van der Waals surface area contributed by atoms with Crippen LogP contribution in [0.4, 0.5) is 5.69 Å². The second kappa shape index (κ2) is 10.9. The smallest absolute Gasteiger partial charge is 0.243 e. The number of ether oxygens (including phenoxy) is 1. The van der Waals surface area contributed by atoms with Gasteiger partial charge in [0.2, 0.25) is 5.91 Å². The predicted molar refractivity (Wildman–Crippen MR) is 110 cm³/mol. The Balaban J connectivity index is 1.89. The zero-order chi connectivity index (χ0) is 19.5. The minimum absolute atomic E-state index is 0.113. The van der Waals surface area contributed by atoms with E-state index >= 15 is 0 Å². The van der Waals surface area contributed by atoms with Crippen LogP contribution in [0, 0.1) is 0 Å². The van der Waals surface area contributed by atoms with Gasteiger partial charge in [0.1, 0.15) is 5.75 Å². The SMILES string of the molecule is CCNC(=NCc1ccc(OC)cc1)NCC(=O)Nc1cccc(CC)c1. The number of methoxy groups -OCH3 is 1. The van der Waals surface area contributed by atoms with Crippen molar-refractivity contribution in [2.45, 2.75) is 26.8 Å². The number of amides is 1. The van der Waals surface area contributed by atoms with Gasteiger partial charge in [-0.2, -0.15) is 0 Å². The Morgan fingerprint density at radius 1 is 1.04 bits per heavy atom. The van der Waals surface area contributed by atoms with Crippen molar-refractivity contribution >= 4 is 17.6 Å². The first-order valence-electron chi connectivity index (χ1n) is 9.18. The van der Waals surface area contributed by atoms with Crippen LogP contribution in [-0.4, -0.2) is 32.1 Å². The maximum absolute atomic E-state index is 12.2. The van der Waals surface area contributed by atoms with Crippen LogP contribution in [-0.2, 0) is 17.8 Å². The average Bonchev–Trinajstić information content (AvgIpc) is 2.70. The van der Waals surface area contributed by atoms with Crippen LogP contribution in [0.1, 0.15) is 25.0 Å². The Hall–Kier alpha value is -3.02. The Morgan fingerprint density at radius 2 is 1.81 bits per heavy atom. The molecule has 2 rings (SSSR count). The lowest BCUT2D eigenvalue weighted by Gasteiger charge is -2.12. The van der Waals surface area contributed by atoms with E-state index < -0.39 is 0 Å². The van der Waals surface area contributed by atoms with E-state index in [1.54, 1.807) is 7.11 Å². The summed E-state index contributed by atoms with van der Waals surface area (Å²) in [5.74, 6) is 1.31. The van der Waals surface area contributed by atoms with E-state index in [-0.39, 0.29) is 12.5 Å². The summed E-state index contributed by atoms with van der Waals surface area (Å²) in [5.41, 5.74) is 3.06. The van der Waals surface area contributed by atoms with E-state index in [0.29, 0.717) is 19.0 Å². The molecule has 0 atom stereocenters. The van der Waals surface area contributed by atoms with Crippen molar-refractivity contribution in [1.82, 2.24) is 10.6 Å². The number of carbonyl (C=O) groups excluding carboxylic acids is 1. The summed E-state index contributed by atoms with van der Waals surface area (Å²) in [5, 5.41) is 9.11. The van der Waals surface area contributed by atoms with E-state index in [4.69, 9.17) is 4.74 Å². The molecule has 0 saturated carbocycles. The third-order valence-corrected chi connectivity index (χ3v) is 3.96. The van der Waals surface area contributed by atoms with Gasteiger partial charge in [-0.05, 0) is 48.7 Å². The molecule has 0 aromatic heterocycles.